The molecule has 2 aromatic carbocycles. The molecule has 0 saturated carbocycles. The van der Waals surface area contributed by atoms with E-state index in [0.717, 1.165) is 4.47 Å². The van der Waals surface area contributed by atoms with Crippen molar-refractivity contribution in [1.29, 1.82) is 0 Å². The summed E-state index contributed by atoms with van der Waals surface area (Å²) in [4.78, 5) is 0.177. The van der Waals surface area contributed by atoms with Crippen LogP contribution in [0.25, 0.3) is 0 Å². The van der Waals surface area contributed by atoms with Crippen LogP contribution in [-0.2, 0) is 10.0 Å². The van der Waals surface area contributed by atoms with E-state index in [4.69, 9.17) is 5.73 Å². The van der Waals surface area contributed by atoms with Gasteiger partial charge >= 0.3 is 0 Å². The highest BCUT2D eigenvalue weighted by atomic mass is 79.9. The zero-order valence-electron chi connectivity index (χ0n) is 9.90. The second kappa shape index (κ2) is 6.05. The fraction of sp³-hybridized carbons (Fsp3) is 0. The van der Waals surface area contributed by atoms with Gasteiger partial charge in [0.15, 0.2) is 0 Å². The van der Waals surface area contributed by atoms with Crippen LogP contribution < -0.4 is 10.5 Å². The minimum absolute atomic E-state index is 0.177. The molecule has 0 aliphatic carbocycles. The Hall–Kier alpha value is -0.570. The molecule has 0 aliphatic rings. The Kier molecular flexibility index (Phi) is 4.78. The highest BCUT2D eigenvalue weighted by Gasteiger charge is 2.17. The second-order valence-electron chi connectivity index (χ2n) is 3.92. The quantitative estimate of drug-likeness (QED) is 0.636. The Balaban J connectivity index is 2.41. The molecule has 3 N–H and O–H groups in total. The van der Waals surface area contributed by atoms with Crippen molar-refractivity contribution >= 4 is 69.2 Å². The standard InChI is InChI=1S/C12H9Br3N2O2S/c13-7-1-3-9(4-2-7)20(18,19)17-12-10(14)5-8(16)6-11(12)15/h1-6,17H,16H2. The van der Waals surface area contributed by atoms with E-state index in [2.05, 4.69) is 52.5 Å². The molecule has 0 fully saturated rings. The van der Waals surface area contributed by atoms with Crippen molar-refractivity contribution in [3.05, 3.63) is 49.8 Å². The number of nitrogens with one attached hydrogen (secondary N) is 1. The molecule has 0 amide bonds. The summed E-state index contributed by atoms with van der Waals surface area (Å²) in [6, 6.07) is 9.63. The molecule has 0 aromatic heterocycles. The number of benzene rings is 2. The molecule has 8 heteroatoms. The topological polar surface area (TPSA) is 72.2 Å². The van der Waals surface area contributed by atoms with Crippen molar-refractivity contribution in [3.8, 4) is 0 Å². The van der Waals surface area contributed by atoms with Gasteiger partial charge in [0.05, 0.1) is 10.6 Å². The third-order valence-corrected chi connectivity index (χ3v) is 5.57. The molecule has 0 heterocycles. The van der Waals surface area contributed by atoms with Gasteiger partial charge in [-0.15, -0.1) is 0 Å². The van der Waals surface area contributed by atoms with Gasteiger partial charge in [-0.3, -0.25) is 4.72 Å². The summed E-state index contributed by atoms with van der Waals surface area (Å²) in [6.45, 7) is 0. The summed E-state index contributed by atoms with van der Waals surface area (Å²) >= 11 is 9.85. The molecule has 20 heavy (non-hydrogen) atoms. The minimum atomic E-state index is -3.66. The van der Waals surface area contributed by atoms with Crippen LogP contribution in [0, 0.1) is 0 Å². The number of sulfonamides is 1. The lowest BCUT2D eigenvalue weighted by Crippen LogP contribution is -2.13. The lowest BCUT2D eigenvalue weighted by molar-refractivity contribution is 0.601. The average Bonchev–Trinajstić information content (AvgIpc) is 2.34. The molecule has 0 radical (unpaired) electrons. The van der Waals surface area contributed by atoms with Gasteiger partial charge < -0.3 is 5.73 Å². The first-order valence-corrected chi connectivity index (χ1v) is 9.19. The first kappa shape index (κ1) is 15.8. The smallest absolute Gasteiger partial charge is 0.261 e. The van der Waals surface area contributed by atoms with Crippen LogP contribution in [0.15, 0.2) is 54.7 Å². The maximum Gasteiger partial charge on any atom is 0.261 e. The summed E-state index contributed by atoms with van der Waals surface area (Å²) < 4.78 is 29.1. The third-order valence-electron chi connectivity index (χ3n) is 2.42. The number of rotatable bonds is 3. The first-order chi connectivity index (χ1) is 9.29. The van der Waals surface area contributed by atoms with E-state index in [-0.39, 0.29) is 4.90 Å². The normalized spacial score (nSPS) is 11.3. The van der Waals surface area contributed by atoms with Gasteiger partial charge in [0, 0.05) is 19.1 Å². The summed E-state index contributed by atoms with van der Waals surface area (Å²) in [5, 5.41) is 0. The summed E-state index contributed by atoms with van der Waals surface area (Å²) in [7, 11) is -3.66. The minimum Gasteiger partial charge on any atom is -0.399 e. The largest absolute Gasteiger partial charge is 0.399 e. The molecule has 106 valence electrons. The van der Waals surface area contributed by atoms with Crippen LogP contribution in [0.1, 0.15) is 0 Å². The molecule has 2 rings (SSSR count). The molecule has 4 nitrogen and oxygen atoms in total. The van der Waals surface area contributed by atoms with Crippen LogP contribution in [-0.4, -0.2) is 8.42 Å². The molecule has 0 unspecified atom stereocenters. The Bertz CT molecular complexity index is 723. The van der Waals surface area contributed by atoms with Gasteiger partial charge in [-0.05, 0) is 68.3 Å². The number of nitrogen functional groups attached to an aromatic ring is 1. The number of hydrogen-bond acceptors (Lipinski definition) is 3. The van der Waals surface area contributed by atoms with Crippen molar-refractivity contribution in [3.63, 3.8) is 0 Å². The van der Waals surface area contributed by atoms with E-state index >= 15 is 0 Å². The van der Waals surface area contributed by atoms with Crippen LogP contribution in [0.3, 0.4) is 0 Å². The lowest BCUT2D eigenvalue weighted by Gasteiger charge is -2.12. The zero-order valence-corrected chi connectivity index (χ0v) is 15.5. The van der Waals surface area contributed by atoms with Gasteiger partial charge in [0.1, 0.15) is 0 Å². The molecular weight excluding hydrogens is 476 g/mol. The van der Waals surface area contributed by atoms with Crippen molar-refractivity contribution in [1.82, 2.24) is 0 Å². The molecule has 0 aliphatic heterocycles. The maximum absolute atomic E-state index is 12.3. The Morgan fingerprint density at radius 3 is 1.95 bits per heavy atom. The molecule has 2 aromatic rings. The number of hydrogen-bond donors (Lipinski definition) is 2. The highest BCUT2D eigenvalue weighted by Crippen LogP contribution is 2.35. The van der Waals surface area contributed by atoms with Crippen LogP contribution in [0.5, 0.6) is 0 Å². The summed E-state index contributed by atoms with van der Waals surface area (Å²) in [5.74, 6) is 0. The Morgan fingerprint density at radius 2 is 1.45 bits per heavy atom. The van der Waals surface area contributed by atoms with Crippen molar-refractivity contribution in [2.24, 2.45) is 0 Å². The fourth-order valence-corrected chi connectivity index (χ4v) is 4.55. The number of nitrogens with two attached hydrogens (primary N) is 1. The summed E-state index contributed by atoms with van der Waals surface area (Å²) in [6.07, 6.45) is 0. The Labute approximate surface area is 142 Å². The van der Waals surface area contributed by atoms with E-state index in [1.165, 1.54) is 12.1 Å². The van der Waals surface area contributed by atoms with E-state index < -0.39 is 10.0 Å². The predicted molar refractivity (Wildman–Crippen MR) is 91.2 cm³/mol. The lowest BCUT2D eigenvalue weighted by atomic mass is 10.3. The van der Waals surface area contributed by atoms with Gasteiger partial charge in [-0.1, -0.05) is 15.9 Å². The maximum atomic E-state index is 12.3. The fourth-order valence-electron chi connectivity index (χ4n) is 1.50. The average molecular weight is 485 g/mol. The highest BCUT2D eigenvalue weighted by molar-refractivity contribution is 9.11. The van der Waals surface area contributed by atoms with Gasteiger partial charge in [-0.2, -0.15) is 0 Å². The van der Waals surface area contributed by atoms with E-state index in [1.807, 2.05) is 0 Å². The van der Waals surface area contributed by atoms with Crippen molar-refractivity contribution in [2.75, 3.05) is 10.5 Å². The molecule has 0 saturated heterocycles. The van der Waals surface area contributed by atoms with Crippen molar-refractivity contribution in [2.45, 2.75) is 4.90 Å². The monoisotopic (exact) mass is 482 g/mol. The second-order valence-corrected chi connectivity index (χ2v) is 8.23. The van der Waals surface area contributed by atoms with Crippen molar-refractivity contribution < 1.29 is 8.42 Å². The SMILES string of the molecule is Nc1cc(Br)c(NS(=O)(=O)c2ccc(Br)cc2)c(Br)c1. The number of halogens is 3. The third kappa shape index (κ3) is 3.55. The predicted octanol–water partition coefficient (Wildman–Crippen LogP) is 4.36. The molecule has 0 bridgehead atoms. The van der Waals surface area contributed by atoms with E-state index in [9.17, 15) is 8.42 Å². The zero-order chi connectivity index (χ0) is 14.9. The van der Waals surface area contributed by atoms with Gasteiger partial charge in [0.2, 0.25) is 0 Å². The molecular formula is C12H9Br3N2O2S. The van der Waals surface area contributed by atoms with Crippen LogP contribution in [0.2, 0.25) is 0 Å². The summed E-state index contributed by atoms with van der Waals surface area (Å²) in [5.41, 5.74) is 6.61. The van der Waals surface area contributed by atoms with E-state index in [0.29, 0.717) is 20.3 Å². The van der Waals surface area contributed by atoms with Gasteiger partial charge in [0.25, 0.3) is 10.0 Å². The van der Waals surface area contributed by atoms with Crippen LogP contribution >= 0.6 is 47.8 Å². The van der Waals surface area contributed by atoms with Gasteiger partial charge in [-0.25, -0.2) is 8.42 Å². The molecule has 0 spiro atoms. The Morgan fingerprint density at radius 1 is 0.950 bits per heavy atom. The van der Waals surface area contributed by atoms with Crippen LogP contribution in [0.4, 0.5) is 11.4 Å². The van der Waals surface area contributed by atoms with E-state index in [1.54, 1.807) is 24.3 Å². The number of anilines is 2. The first-order valence-electron chi connectivity index (χ1n) is 5.32. The molecule has 0 atom stereocenters.